The van der Waals surface area contributed by atoms with E-state index in [-0.39, 0.29) is 12.0 Å². The van der Waals surface area contributed by atoms with Gasteiger partial charge < -0.3 is 14.0 Å². The molecule has 4 rings (SSSR count). The highest BCUT2D eigenvalue weighted by molar-refractivity contribution is 5.59. The largest absolute Gasteiger partial charge is 0.468 e. The van der Waals surface area contributed by atoms with Crippen LogP contribution in [0.25, 0.3) is 17.2 Å². The predicted octanol–water partition coefficient (Wildman–Crippen LogP) is 2.18. The van der Waals surface area contributed by atoms with Gasteiger partial charge in [-0.1, -0.05) is 25.9 Å². The van der Waals surface area contributed by atoms with Crippen molar-refractivity contribution >= 4 is 5.65 Å². The summed E-state index contributed by atoms with van der Waals surface area (Å²) in [6.07, 6.45) is 1.62. The Balaban J connectivity index is 1.75. The van der Waals surface area contributed by atoms with Gasteiger partial charge >= 0.3 is 5.95 Å². The molecule has 0 fully saturated rings. The Kier molecular flexibility index (Phi) is 4.65. The Bertz CT molecular complexity index is 1140. The van der Waals surface area contributed by atoms with Crippen LogP contribution in [-0.4, -0.2) is 46.3 Å². The lowest BCUT2D eigenvalue weighted by Crippen LogP contribution is -2.15. The number of fused-ring (bicyclic) bond motifs is 1. The minimum atomic E-state index is -0.212. The van der Waals surface area contributed by atoms with Gasteiger partial charge in [-0.05, 0) is 12.3 Å². The minimum Gasteiger partial charge on any atom is -0.468 e. The van der Waals surface area contributed by atoms with E-state index in [1.165, 1.54) is 0 Å². The van der Waals surface area contributed by atoms with Gasteiger partial charge in [-0.2, -0.15) is 9.61 Å². The second-order valence-electron chi connectivity index (χ2n) is 7.49. The molecule has 0 atom stereocenters. The van der Waals surface area contributed by atoms with Crippen molar-refractivity contribution in [2.45, 2.75) is 39.7 Å². The number of rotatable bonds is 6. The number of hydrogen-bond donors (Lipinski definition) is 0. The number of aryl methyl sites for hydroxylation is 1. The molecule has 0 amide bonds. The maximum absolute atomic E-state index is 5.86. The van der Waals surface area contributed by atoms with Gasteiger partial charge in [-0.25, -0.2) is 4.98 Å². The third-order valence-corrected chi connectivity index (χ3v) is 4.16. The number of aromatic nitrogens is 8. The van der Waals surface area contributed by atoms with Gasteiger partial charge in [0.1, 0.15) is 6.33 Å². The summed E-state index contributed by atoms with van der Waals surface area (Å²) in [4.78, 5) is 4.17. The van der Waals surface area contributed by atoms with Gasteiger partial charge in [0.05, 0.1) is 12.7 Å². The van der Waals surface area contributed by atoms with E-state index in [1.54, 1.807) is 28.6 Å². The van der Waals surface area contributed by atoms with E-state index in [2.05, 4.69) is 51.3 Å². The highest BCUT2D eigenvalue weighted by Gasteiger charge is 2.25. The van der Waals surface area contributed by atoms with E-state index in [4.69, 9.17) is 14.0 Å². The summed E-state index contributed by atoms with van der Waals surface area (Å²) in [5.74, 6) is 1.71. The maximum atomic E-state index is 5.86. The zero-order chi connectivity index (χ0) is 20.6. The summed E-state index contributed by atoms with van der Waals surface area (Å²) in [5.41, 5.74) is 1.81. The van der Waals surface area contributed by atoms with Crippen molar-refractivity contribution in [2.24, 2.45) is 7.05 Å². The summed E-state index contributed by atoms with van der Waals surface area (Å²) in [5, 5.41) is 21.4. The van der Waals surface area contributed by atoms with Gasteiger partial charge in [-0.15, -0.1) is 15.3 Å². The first kappa shape index (κ1) is 18.8. The van der Waals surface area contributed by atoms with Gasteiger partial charge in [0, 0.05) is 18.7 Å². The molecule has 29 heavy (non-hydrogen) atoms. The smallest absolute Gasteiger partial charge is 0.311 e. The molecular weight excluding hydrogens is 376 g/mol. The maximum Gasteiger partial charge on any atom is 0.311 e. The molecule has 4 aromatic rings. The molecule has 0 saturated carbocycles. The average Bonchev–Trinajstić information content (AvgIpc) is 3.38. The van der Waals surface area contributed by atoms with E-state index in [0.29, 0.717) is 41.4 Å². The van der Waals surface area contributed by atoms with E-state index in [9.17, 15) is 0 Å². The molecule has 0 aromatic carbocycles. The lowest BCUT2D eigenvalue weighted by atomic mass is 9.88. The van der Waals surface area contributed by atoms with Crippen LogP contribution in [0.3, 0.4) is 0 Å². The Morgan fingerprint density at radius 3 is 2.62 bits per heavy atom. The molecule has 0 aliphatic heterocycles. The summed E-state index contributed by atoms with van der Waals surface area (Å²) >= 11 is 0. The van der Waals surface area contributed by atoms with Crippen LogP contribution in [0.2, 0.25) is 0 Å². The molecule has 0 bridgehead atoms. The third-order valence-electron chi connectivity index (χ3n) is 4.16. The van der Waals surface area contributed by atoms with Crippen molar-refractivity contribution in [3.05, 3.63) is 29.8 Å². The lowest BCUT2D eigenvalue weighted by Gasteiger charge is -2.19. The predicted molar refractivity (Wildman–Crippen MR) is 101 cm³/mol. The lowest BCUT2D eigenvalue weighted by molar-refractivity contribution is 0.226. The first-order chi connectivity index (χ1) is 13.8. The average molecular weight is 398 g/mol. The summed E-state index contributed by atoms with van der Waals surface area (Å²) in [6.45, 7) is 8.80. The Morgan fingerprint density at radius 2 is 1.93 bits per heavy atom. The van der Waals surface area contributed by atoms with Crippen molar-refractivity contribution in [1.82, 2.24) is 39.7 Å². The Morgan fingerprint density at radius 1 is 1.10 bits per heavy atom. The first-order valence-electron chi connectivity index (χ1n) is 9.19. The zero-order valence-corrected chi connectivity index (χ0v) is 16.9. The molecule has 0 aliphatic carbocycles. The van der Waals surface area contributed by atoms with E-state index in [1.807, 2.05) is 13.0 Å². The molecule has 0 unspecified atom stereocenters. The molecule has 0 spiro atoms. The zero-order valence-electron chi connectivity index (χ0n) is 16.9. The topological polar surface area (TPSA) is 118 Å². The Hall–Kier alpha value is -3.50. The number of nitrogens with zero attached hydrogens (tertiary/aromatic N) is 8. The van der Waals surface area contributed by atoms with Crippen molar-refractivity contribution in [1.29, 1.82) is 0 Å². The SMILES string of the molecule is CCOc1cc(-c2nnc3c(C(C)(C)C)cc(OCc4ncn(C)n4)nn23)no1. The molecule has 0 N–H and O–H groups in total. The van der Waals surface area contributed by atoms with Crippen LogP contribution in [0.15, 0.2) is 23.0 Å². The molecule has 11 heteroatoms. The highest BCUT2D eigenvalue weighted by atomic mass is 16.6. The molecule has 0 radical (unpaired) electrons. The summed E-state index contributed by atoms with van der Waals surface area (Å²) in [6, 6.07) is 3.52. The molecule has 0 saturated heterocycles. The monoisotopic (exact) mass is 398 g/mol. The molecule has 152 valence electrons. The van der Waals surface area contributed by atoms with Crippen LogP contribution in [-0.2, 0) is 19.1 Å². The van der Waals surface area contributed by atoms with E-state index >= 15 is 0 Å². The molecule has 0 aliphatic rings. The van der Waals surface area contributed by atoms with Crippen molar-refractivity contribution in [3.63, 3.8) is 0 Å². The standard InChI is InChI=1S/C18H22N8O3/c1-6-27-15-8-12(24-29-15)17-21-20-16-11(18(2,3)4)7-14(23-26(16)17)28-9-13-19-10-25(5)22-13/h7-8,10H,6,9H2,1-5H3. The van der Waals surface area contributed by atoms with E-state index < -0.39 is 0 Å². The van der Waals surface area contributed by atoms with Crippen LogP contribution < -0.4 is 9.47 Å². The second kappa shape index (κ2) is 7.15. The van der Waals surface area contributed by atoms with Crippen molar-refractivity contribution < 1.29 is 14.0 Å². The van der Waals surface area contributed by atoms with Crippen molar-refractivity contribution in [2.75, 3.05) is 6.61 Å². The first-order valence-corrected chi connectivity index (χ1v) is 9.19. The van der Waals surface area contributed by atoms with Gasteiger partial charge in [0.25, 0.3) is 0 Å². The van der Waals surface area contributed by atoms with Crippen molar-refractivity contribution in [3.8, 4) is 23.3 Å². The minimum absolute atomic E-state index is 0.193. The fourth-order valence-corrected chi connectivity index (χ4v) is 2.80. The fourth-order valence-electron chi connectivity index (χ4n) is 2.80. The van der Waals surface area contributed by atoms with Crippen LogP contribution in [0.5, 0.6) is 11.8 Å². The third kappa shape index (κ3) is 3.75. The quantitative estimate of drug-likeness (QED) is 0.481. The molecule has 4 aromatic heterocycles. The van der Waals surface area contributed by atoms with Crippen LogP contribution >= 0.6 is 0 Å². The molecule has 4 heterocycles. The second-order valence-corrected chi connectivity index (χ2v) is 7.49. The Labute approximate surface area is 166 Å². The van der Waals surface area contributed by atoms with Gasteiger partial charge in [0.2, 0.25) is 11.7 Å². The summed E-state index contributed by atoms with van der Waals surface area (Å²) < 4.78 is 19.6. The summed E-state index contributed by atoms with van der Waals surface area (Å²) in [7, 11) is 1.80. The van der Waals surface area contributed by atoms with Crippen LogP contribution in [0.4, 0.5) is 0 Å². The number of ether oxygens (including phenoxy) is 2. The normalized spacial score (nSPS) is 11.9. The fraction of sp³-hybridized carbons (Fsp3) is 0.444. The number of hydrogen-bond acceptors (Lipinski definition) is 9. The highest BCUT2D eigenvalue weighted by Crippen LogP contribution is 2.30. The molecule has 11 nitrogen and oxygen atoms in total. The van der Waals surface area contributed by atoms with E-state index in [0.717, 1.165) is 5.56 Å². The van der Waals surface area contributed by atoms with Gasteiger partial charge in [-0.3, -0.25) is 4.68 Å². The van der Waals surface area contributed by atoms with Crippen LogP contribution in [0, 0.1) is 0 Å². The van der Waals surface area contributed by atoms with Gasteiger partial charge in [0.15, 0.2) is 23.8 Å². The molecular formula is C18H22N8O3. The van der Waals surface area contributed by atoms with Crippen LogP contribution in [0.1, 0.15) is 39.1 Å².